The smallest absolute Gasteiger partial charge is 0.0794 e. The molecule has 1 heterocycles. The topological polar surface area (TPSA) is 50.9 Å². The average molecular weight is 233 g/mol. The van der Waals surface area contributed by atoms with Crippen LogP contribution in [0, 0.1) is 6.92 Å². The van der Waals surface area contributed by atoms with Gasteiger partial charge in [-0.25, -0.2) is 0 Å². The van der Waals surface area contributed by atoms with E-state index in [0.29, 0.717) is 0 Å². The molecule has 0 saturated carbocycles. The molecule has 0 amide bonds. The molecule has 0 aliphatic carbocycles. The fraction of sp³-hybridized carbons (Fsp3) is 0.250. The number of aromatic nitrogens is 1. The fourth-order valence-electron chi connectivity index (χ4n) is 1.60. The van der Waals surface area contributed by atoms with Gasteiger partial charge in [-0.3, -0.25) is 16.3 Å². The zero-order chi connectivity index (χ0) is 11.4. The van der Waals surface area contributed by atoms with E-state index >= 15 is 0 Å². The van der Waals surface area contributed by atoms with Gasteiger partial charge in [0.2, 0.25) is 0 Å². The quantitative estimate of drug-likeness (QED) is 0.629. The number of rotatable bonds is 4. The highest BCUT2D eigenvalue weighted by Crippen LogP contribution is 2.20. The van der Waals surface area contributed by atoms with Gasteiger partial charge >= 0.3 is 0 Å². The number of benzene rings is 1. The van der Waals surface area contributed by atoms with Crippen LogP contribution >= 0.6 is 11.3 Å². The molecule has 3 N–H and O–H groups in total. The minimum absolute atomic E-state index is 0.148. The number of nitrogens with two attached hydrogens (primary N) is 1. The molecule has 2 rings (SSSR count). The van der Waals surface area contributed by atoms with Crippen molar-refractivity contribution >= 4 is 11.3 Å². The Hall–Kier alpha value is -1.23. The van der Waals surface area contributed by atoms with Gasteiger partial charge in [-0.05, 0) is 18.9 Å². The molecule has 0 bridgehead atoms. The first-order valence-electron chi connectivity index (χ1n) is 5.19. The second kappa shape index (κ2) is 5.21. The predicted octanol–water partition coefficient (Wildman–Crippen LogP) is 2.20. The molecule has 0 spiro atoms. The van der Waals surface area contributed by atoms with Gasteiger partial charge in [0.25, 0.3) is 0 Å². The van der Waals surface area contributed by atoms with Crippen LogP contribution in [0.25, 0.3) is 0 Å². The van der Waals surface area contributed by atoms with Gasteiger partial charge in [-0.2, -0.15) is 0 Å². The van der Waals surface area contributed by atoms with E-state index in [1.165, 1.54) is 16.0 Å². The Balaban J connectivity index is 2.10. The SMILES string of the molecule is Cc1ccc(CC(NN)c2cncs2)cc1. The summed E-state index contributed by atoms with van der Waals surface area (Å²) in [5, 5.41) is 0. The highest BCUT2D eigenvalue weighted by Gasteiger charge is 2.11. The second-order valence-electron chi connectivity index (χ2n) is 3.81. The molecule has 1 unspecified atom stereocenters. The largest absolute Gasteiger partial charge is 0.271 e. The molecule has 3 nitrogen and oxygen atoms in total. The van der Waals surface area contributed by atoms with Gasteiger partial charge < -0.3 is 0 Å². The maximum absolute atomic E-state index is 5.57. The molecule has 0 radical (unpaired) electrons. The van der Waals surface area contributed by atoms with E-state index in [9.17, 15) is 0 Å². The summed E-state index contributed by atoms with van der Waals surface area (Å²) in [6.45, 7) is 2.09. The van der Waals surface area contributed by atoms with Gasteiger partial charge in [0.05, 0.1) is 11.6 Å². The van der Waals surface area contributed by atoms with Crippen molar-refractivity contribution in [1.82, 2.24) is 10.4 Å². The molecule has 1 atom stereocenters. The summed E-state index contributed by atoms with van der Waals surface area (Å²) in [4.78, 5) is 5.24. The van der Waals surface area contributed by atoms with Gasteiger partial charge in [-0.15, -0.1) is 11.3 Å². The monoisotopic (exact) mass is 233 g/mol. The summed E-state index contributed by atoms with van der Waals surface area (Å²) in [5.74, 6) is 5.57. The highest BCUT2D eigenvalue weighted by molar-refractivity contribution is 7.09. The molecule has 0 aliphatic rings. The van der Waals surface area contributed by atoms with Crippen LogP contribution in [-0.4, -0.2) is 4.98 Å². The van der Waals surface area contributed by atoms with Crippen LogP contribution in [0.3, 0.4) is 0 Å². The standard InChI is InChI=1S/C12H15N3S/c1-9-2-4-10(5-3-9)6-11(15-13)12-7-14-8-16-12/h2-5,7-8,11,15H,6,13H2,1H3. The fourth-order valence-corrected chi connectivity index (χ4v) is 2.28. The van der Waals surface area contributed by atoms with Crippen LogP contribution in [0.15, 0.2) is 36.0 Å². The zero-order valence-electron chi connectivity index (χ0n) is 9.18. The van der Waals surface area contributed by atoms with E-state index in [4.69, 9.17) is 5.84 Å². The maximum Gasteiger partial charge on any atom is 0.0794 e. The predicted molar refractivity (Wildman–Crippen MR) is 67.1 cm³/mol. The lowest BCUT2D eigenvalue weighted by Gasteiger charge is -2.13. The van der Waals surface area contributed by atoms with Gasteiger partial charge in [-0.1, -0.05) is 29.8 Å². The van der Waals surface area contributed by atoms with E-state index in [1.54, 1.807) is 11.3 Å². The Kier molecular flexibility index (Phi) is 3.66. The first kappa shape index (κ1) is 11.3. The maximum atomic E-state index is 5.57. The van der Waals surface area contributed by atoms with Crippen LogP contribution in [0.5, 0.6) is 0 Å². The third-order valence-electron chi connectivity index (χ3n) is 2.56. The summed E-state index contributed by atoms with van der Waals surface area (Å²) in [6.07, 6.45) is 2.75. The molecule has 0 saturated heterocycles. The van der Waals surface area contributed by atoms with Crippen molar-refractivity contribution in [3.63, 3.8) is 0 Å². The van der Waals surface area contributed by atoms with Crippen LogP contribution in [0.4, 0.5) is 0 Å². The van der Waals surface area contributed by atoms with E-state index in [-0.39, 0.29) is 6.04 Å². The van der Waals surface area contributed by atoms with Crippen LogP contribution in [0.1, 0.15) is 22.0 Å². The molecule has 2 aromatic rings. The lowest BCUT2D eigenvalue weighted by molar-refractivity contribution is 0.559. The molecular formula is C12H15N3S. The second-order valence-corrected chi connectivity index (χ2v) is 4.73. The summed E-state index contributed by atoms with van der Waals surface area (Å²) in [6, 6.07) is 8.67. The number of hydrogen-bond donors (Lipinski definition) is 2. The van der Waals surface area contributed by atoms with E-state index in [1.807, 2.05) is 11.7 Å². The Labute approximate surface area is 99.3 Å². The Morgan fingerprint density at radius 1 is 1.38 bits per heavy atom. The van der Waals surface area contributed by atoms with Gasteiger partial charge in [0.1, 0.15) is 0 Å². The van der Waals surface area contributed by atoms with Crippen molar-refractivity contribution in [2.24, 2.45) is 5.84 Å². The van der Waals surface area contributed by atoms with Crippen molar-refractivity contribution in [2.75, 3.05) is 0 Å². The van der Waals surface area contributed by atoms with Gasteiger partial charge in [0, 0.05) is 11.1 Å². The normalized spacial score (nSPS) is 12.6. The number of nitrogens with one attached hydrogen (secondary N) is 1. The van der Waals surface area contributed by atoms with E-state index < -0.39 is 0 Å². The number of hydrazine groups is 1. The van der Waals surface area contributed by atoms with Crippen molar-refractivity contribution in [2.45, 2.75) is 19.4 Å². The van der Waals surface area contributed by atoms with E-state index in [2.05, 4.69) is 41.6 Å². The Morgan fingerprint density at radius 2 is 2.12 bits per heavy atom. The molecule has 0 aliphatic heterocycles. The van der Waals surface area contributed by atoms with Crippen LogP contribution in [-0.2, 0) is 6.42 Å². The van der Waals surface area contributed by atoms with Crippen molar-refractivity contribution < 1.29 is 0 Å². The average Bonchev–Trinajstić information content (AvgIpc) is 2.82. The molecule has 1 aromatic heterocycles. The van der Waals surface area contributed by atoms with Crippen molar-refractivity contribution in [3.05, 3.63) is 52.0 Å². The van der Waals surface area contributed by atoms with Crippen molar-refractivity contribution in [1.29, 1.82) is 0 Å². The summed E-state index contributed by atoms with van der Waals surface area (Å²) >= 11 is 1.62. The highest BCUT2D eigenvalue weighted by atomic mass is 32.1. The van der Waals surface area contributed by atoms with Crippen LogP contribution < -0.4 is 11.3 Å². The summed E-state index contributed by atoms with van der Waals surface area (Å²) in [7, 11) is 0. The van der Waals surface area contributed by atoms with E-state index in [0.717, 1.165) is 6.42 Å². The summed E-state index contributed by atoms with van der Waals surface area (Å²) < 4.78 is 0. The number of thiazole rings is 1. The minimum atomic E-state index is 0.148. The van der Waals surface area contributed by atoms with Gasteiger partial charge in [0.15, 0.2) is 0 Å². The first-order valence-corrected chi connectivity index (χ1v) is 6.07. The lowest BCUT2D eigenvalue weighted by atomic mass is 10.0. The summed E-state index contributed by atoms with van der Waals surface area (Å²) in [5.41, 5.74) is 7.22. The number of aryl methyl sites for hydroxylation is 1. The number of nitrogens with zero attached hydrogens (tertiary/aromatic N) is 1. The van der Waals surface area contributed by atoms with Crippen molar-refractivity contribution in [3.8, 4) is 0 Å². The Morgan fingerprint density at radius 3 is 2.69 bits per heavy atom. The molecule has 16 heavy (non-hydrogen) atoms. The molecule has 1 aromatic carbocycles. The zero-order valence-corrected chi connectivity index (χ0v) is 10.00. The molecular weight excluding hydrogens is 218 g/mol. The third kappa shape index (κ3) is 2.66. The molecule has 84 valence electrons. The molecule has 0 fully saturated rings. The third-order valence-corrected chi connectivity index (χ3v) is 3.45. The Bertz CT molecular complexity index is 422. The minimum Gasteiger partial charge on any atom is -0.271 e. The number of hydrogen-bond acceptors (Lipinski definition) is 4. The first-order chi connectivity index (χ1) is 7.79. The van der Waals surface area contributed by atoms with Crippen LogP contribution in [0.2, 0.25) is 0 Å². The lowest BCUT2D eigenvalue weighted by Crippen LogP contribution is -2.28. The molecule has 4 heteroatoms.